The van der Waals surface area contributed by atoms with Crippen molar-refractivity contribution in [3.05, 3.63) is 35.4 Å². The number of aliphatic imine (C=N–C) groups is 1. The molecule has 1 aromatic rings. The lowest BCUT2D eigenvalue weighted by Gasteiger charge is -2.34. The van der Waals surface area contributed by atoms with Gasteiger partial charge in [-0.2, -0.15) is 0 Å². The summed E-state index contributed by atoms with van der Waals surface area (Å²) in [4.78, 5) is 6.99. The Hall–Kier alpha value is -1.63. The first-order valence-electron chi connectivity index (χ1n) is 8.54. The quantitative estimate of drug-likeness (QED) is 0.581. The van der Waals surface area contributed by atoms with Crippen molar-refractivity contribution in [1.82, 2.24) is 10.2 Å². The van der Waals surface area contributed by atoms with E-state index in [2.05, 4.69) is 46.4 Å². The maximum atomic E-state index is 6.03. The standard InChI is InChI=1S/C18H30N4O2/c1-14-4-6-16(7-5-14)17(22-8-10-24-11-9-22)12-20-18(19)21-15(2)13-23-3/h4-7,15,17H,8-13H2,1-3H3,(H3,19,20,21). The summed E-state index contributed by atoms with van der Waals surface area (Å²) in [6.45, 7) is 8.72. The van der Waals surface area contributed by atoms with Gasteiger partial charge in [0.15, 0.2) is 5.96 Å². The number of methoxy groups -OCH3 is 1. The maximum Gasteiger partial charge on any atom is 0.188 e. The van der Waals surface area contributed by atoms with E-state index in [-0.39, 0.29) is 12.1 Å². The number of benzene rings is 1. The third-order valence-corrected chi connectivity index (χ3v) is 4.19. The van der Waals surface area contributed by atoms with Gasteiger partial charge in [0.1, 0.15) is 0 Å². The van der Waals surface area contributed by atoms with Gasteiger partial charge in [0, 0.05) is 26.2 Å². The Kier molecular flexibility index (Phi) is 7.49. The number of rotatable bonds is 7. The molecule has 0 amide bonds. The summed E-state index contributed by atoms with van der Waals surface area (Å²) in [6, 6.07) is 9.01. The fraction of sp³-hybridized carbons (Fsp3) is 0.611. The summed E-state index contributed by atoms with van der Waals surface area (Å²) >= 11 is 0. The third kappa shape index (κ3) is 5.78. The number of aryl methyl sites for hydroxylation is 1. The van der Waals surface area contributed by atoms with Crippen LogP contribution in [0.15, 0.2) is 29.3 Å². The molecule has 1 aliphatic rings. The van der Waals surface area contributed by atoms with Gasteiger partial charge in [-0.1, -0.05) is 29.8 Å². The van der Waals surface area contributed by atoms with Crippen LogP contribution < -0.4 is 11.1 Å². The van der Waals surface area contributed by atoms with Gasteiger partial charge in [-0.25, -0.2) is 0 Å². The minimum Gasteiger partial charge on any atom is -0.383 e. The summed E-state index contributed by atoms with van der Waals surface area (Å²) in [5.74, 6) is 0.463. The summed E-state index contributed by atoms with van der Waals surface area (Å²) in [5, 5.41) is 3.16. The molecule has 3 N–H and O–H groups in total. The van der Waals surface area contributed by atoms with Gasteiger partial charge in [-0.3, -0.25) is 9.89 Å². The topological polar surface area (TPSA) is 72.1 Å². The smallest absolute Gasteiger partial charge is 0.188 e. The molecule has 24 heavy (non-hydrogen) atoms. The fourth-order valence-corrected chi connectivity index (χ4v) is 2.88. The van der Waals surface area contributed by atoms with Crippen molar-refractivity contribution in [2.75, 3.05) is 46.6 Å². The van der Waals surface area contributed by atoms with Gasteiger partial charge in [0.2, 0.25) is 0 Å². The highest BCUT2D eigenvalue weighted by Crippen LogP contribution is 2.22. The molecule has 0 radical (unpaired) electrons. The lowest BCUT2D eigenvalue weighted by atomic mass is 10.0. The Morgan fingerprint density at radius 3 is 2.62 bits per heavy atom. The van der Waals surface area contributed by atoms with E-state index in [1.165, 1.54) is 11.1 Å². The maximum absolute atomic E-state index is 6.03. The zero-order valence-electron chi connectivity index (χ0n) is 15.0. The Labute approximate surface area is 145 Å². The van der Waals surface area contributed by atoms with E-state index < -0.39 is 0 Å². The van der Waals surface area contributed by atoms with Crippen LogP contribution in [0.3, 0.4) is 0 Å². The molecule has 6 nitrogen and oxygen atoms in total. The van der Waals surface area contributed by atoms with E-state index in [4.69, 9.17) is 15.2 Å². The van der Waals surface area contributed by atoms with E-state index in [9.17, 15) is 0 Å². The van der Waals surface area contributed by atoms with E-state index in [1.807, 2.05) is 6.92 Å². The zero-order chi connectivity index (χ0) is 17.4. The van der Waals surface area contributed by atoms with Crippen molar-refractivity contribution in [2.24, 2.45) is 10.7 Å². The minimum atomic E-state index is 0.139. The minimum absolute atomic E-state index is 0.139. The largest absolute Gasteiger partial charge is 0.383 e. The molecule has 0 aromatic heterocycles. The van der Waals surface area contributed by atoms with Crippen LogP contribution in [-0.2, 0) is 9.47 Å². The predicted octanol–water partition coefficient (Wildman–Crippen LogP) is 1.31. The number of nitrogens with two attached hydrogens (primary N) is 1. The molecule has 0 aliphatic carbocycles. The molecule has 1 fully saturated rings. The van der Waals surface area contributed by atoms with Crippen LogP contribution in [0.2, 0.25) is 0 Å². The van der Waals surface area contributed by atoms with E-state index >= 15 is 0 Å². The number of nitrogens with zero attached hydrogens (tertiary/aromatic N) is 2. The van der Waals surface area contributed by atoms with Crippen LogP contribution in [0.1, 0.15) is 24.1 Å². The Bertz CT molecular complexity index is 512. The molecular formula is C18H30N4O2. The van der Waals surface area contributed by atoms with Crippen molar-refractivity contribution in [2.45, 2.75) is 25.9 Å². The van der Waals surface area contributed by atoms with Gasteiger partial charge in [0.05, 0.1) is 32.4 Å². The highest BCUT2D eigenvalue weighted by atomic mass is 16.5. The number of morpholine rings is 1. The molecule has 0 spiro atoms. The number of hydrogen-bond donors (Lipinski definition) is 2. The van der Waals surface area contributed by atoms with Crippen LogP contribution >= 0.6 is 0 Å². The van der Waals surface area contributed by atoms with E-state index in [0.29, 0.717) is 19.1 Å². The highest BCUT2D eigenvalue weighted by molar-refractivity contribution is 5.78. The first-order chi connectivity index (χ1) is 11.6. The molecule has 1 heterocycles. The number of ether oxygens (including phenoxy) is 2. The SMILES string of the molecule is COCC(C)NC(N)=NCC(c1ccc(C)cc1)N1CCOCC1. The first kappa shape index (κ1) is 18.7. The van der Waals surface area contributed by atoms with Crippen LogP contribution in [0, 0.1) is 6.92 Å². The normalized spacial score (nSPS) is 19.0. The second-order valence-electron chi connectivity index (χ2n) is 6.30. The highest BCUT2D eigenvalue weighted by Gasteiger charge is 2.22. The summed E-state index contributed by atoms with van der Waals surface area (Å²) in [7, 11) is 1.68. The third-order valence-electron chi connectivity index (χ3n) is 4.19. The summed E-state index contributed by atoms with van der Waals surface area (Å²) in [6.07, 6.45) is 0. The number of hydrogen-bond acceptors (Lipinski definition) is 4. The van der Waals surface area contributed by atoms with Gasteiger partial charge < -0.3 is 20.5 Å². The average Bonchev–Trinajstić information content (AvgIpc) is 2.57. The molecule has 2 rings (SSSR count). The molecule has 2 unspecified atom stereocenters. The van der Waals surface area contributed by atoms with E-state index in [1.54, 1.807) is 7.11 Å². The Balaban J connectivity index is 2.06. The van der Waals surface area contributed by atoms with Gasteiger partial charge in [-0.15, -0.1) is 0 Å². The van der Waals surface area contributed by atoms with Gasteiger partial charge in [-0.05, 0) is 19.4 Å². The first-order valence-corrected chi connectivity index (χ1v) is 8.54. The predicted molar refractivity (Wildman–Crippen MR) is 97.3 cm³/mol. The van der Waals surface area contributed by atoms with Crippen LogP contribution in [0.25, 0.3) is 0 Å². The second-order valence-corrected chi connectivity index (χ2v) is 6.30. The van der Waals surface area contributed by atoms with Crippen molar-refractivity contribution in [3.8, 4) is 0 Å². The van der Waals surface area contributed by atoms with Crippen LogP contribution in [-0.4, -0.2) is 63.5 Å². The molecule has 2 atom stereocenters. The molecule has 1 aliphatic heterocycles. The average molecular weight is 334 g/mol. The molecule has 0 saturated carbocycles. The molecule has 1 saturated heterocycles. The number of nitrogens with one attached hydrogen (secondary N) is 1. The lowest BCUT2D eigenvalue weighted by molar-refractivity contribution is 0.0180. The molecular weight excluding hydrogens is 304 g/mol. The second kappa shape index (κ2) is 9.61. The van der Waals surface area contributed by atoms with Crippen molar-refractivity contribution >= 4 is 5.96 Å². The monoisotopic (exact) mass is 334 g/mol. The fourth-order valence-electron chi connectivity index (χ4n) is 2.88. The summed E-state index contributed by atoms with van der Waals surface area (Å²) < 4.78 is 10.6. The molecule has 1 aromatic carbocycles. The molecule has 6 heteroatoms. The Morgan fingerprint density at radius 1 is 1.33 bits per heavy atom. The lowest BCUT2D eigenvalue weighted by Crippen LogP contribution is -2.43. The summed E-state index contributed by atoms with van der Waals surface area (Å²) in [5.41, 5.74) is 8.55. The molecule has 134 valence electrons. The zero-order valence-corrected chi connectivity index (χ0v) is 15.0. The van der Waals surface area contributed by atoms with Crippen molar-refractivity contribution in [1.29, 1.82) is 0 Å². The van der Waals surface area contributed by atoms with Crippen molar-refractivity contribution < 1.29 is 9.47 Å². The van der Waals surface area contributed by atoms with Gasteiger partial charge >= 0.3 is 0 Å². The van der Waals surface area contributed by atoms with Crippen LogP contribution in [0.5, 0.6) is 0 Å². The van der Waals surface area contributed by atoms with Crippen LogP contribution in [0.4, 0.5) is 0 Å². The molecule has 0 bridgehead atoms. The van der Waals surface area contributed by atoms with Crippen molar-refractivity contribution in [3.63, 3.8) is 0 Å². The van der Waals surface area contributed by atoms with Gasteiger partial charge in [0.25, 0.3) is 0 Å². The Morgan fingerprint density at radius 2 is 2.00 bits per heavy atom. The van der Waals surface area contributed by atoms with E-state index in [0.717, 1.165) is 26.3 Å². The number of guanidine groups is 1.